The molecule has 0 bridgehead atoms. The minimum atomic E-state index is -1.14. The Bertz CT molecular complexity index is 1020. The fraction of sp³-hybridized carbons (Fsp3) is 0.458. The largest absolute Gasteiger partial charge is 0.338 e. The van der Waals surface area contributed by atoms with Gasteiger partial charge in [0.15, 0.2) is 0 Å². The molecule has 2 heterocycles. The highest BCUT2D eigenvalue weighted by molar-refractivity contribution is 7.18. The Balaban J connectivity index is 1.67. The molecule has 1 saturated heterocycles. The molecule has 3 rings (SSSR count). The van der Waals surface area contributed by atoms with Crippen molar-refractivity contribution in [3.63, 3.8) is 0 Å². The number of likely N-dealkylation sites (tertiary alicyclic amines) is 1. The highest BCUT2D eigenvalue weighted by Crippen LogP contribution is 2.25. The van der Waals surface area contributed by atoms with Gasteiger partial charge in [0, 0.05) is 24.3 Å². The fourth-order valence-electron chi connectivity index (χ4n) is 4.11. The third-order valence-electron chi connectivity index (χ3n) is 5.66. The van der Waals surface area contributed by atoms with Gasteiger partial charge in [-0.2, -0.15) is 0 Å². The normalized spacial score (nSPS) is 18.9. The molecular formula is C24H30ClN3O3S. The fourth-order valence-corrected chi connectivity index (χ4v) is 5.04. The molecule has 3 amide bonds. The average molecular weight is 476 g/mol. The Kier molecular flexibility index (Phi) is 7.30. The maximum absolute atomic E-state index is 13.0. The second-order valence-electron chi connectivity index (χ2n) is 9.32. The van der Waals surface area contributed by atoms with E-state index in [-0.39, 0.29) is 17.7 Å². The van der Waals surface area contributed by atoms with E-state index >= 15 is 0 Å². The molecule has 0 aliphatic carbocycles. The number of thiophene rings is 1. The van der Waals surface area contributed by atoms with Crippen LogP contribution in [0.15, 0.2) is 30.3 Å². The van der Waals surface area contributed by atoms with Crippen molar-refractivity contribution in [3.8, 4) is 0 Å². The first-order valence-corrected chi connectivity index (χ1v) is 11.9. The molecule has 1 aliphatic heterocycles. The number of rotatable bonds is 5. The van der Waals surface area contributed by atoms with Crippen molar-refractivity contribution in [2.24, 2.45) is 11.8 Å². The molecule has 0 spiro atoms. The van der Waals surface area contributed by atoms with E-state index in [1.807, 2.05) is 11.8 Å². The van der Waals surface area contributed by atoms with Crippen LogP contribution < -0.4 is 10.6 Å². The molecule has 0 radical (unpaired) electrons. The molecule has 2 atom stereocenters. The molecule has 172 valence electrons. The van der Waals surface area contributed by atoms with Crippen LogP contribution in [0.5, 0.6) is 0 Å². The van der Waals surface area contributed by atoms with Crippen molar-refractivity contribution in [3.05, 3.63) is 50.7 Å². The lowest BCUT2D eigenvalue weighted by molar-refractivity contribution is -0.120. The summed E-state index contributed by atoms with van der Waals surface area (Å²) >= 11 is 7.05. The number of anilines is 1. The molecule has 1 aromatic carbocycles. The monoisotopic (exact) mass is 475 g/mol. The maximum Gasteiger partial charge on any atom is 0.262 e. The summed E-state index contributed by atoms with van der Waals surface area (Å²) in [5, 5.41) is 5.59. The summed E-state index contributed by atoms with van der Waals surface area (Å²) < 4.78 is 0.510. The number of halogens is 1. The zero-order valence-electron chi connectivity index (χ0n) is 19.1. The van der Waals surface area contributed by atoms with Gasteiger partial charge in [0.05, 0.1) is 9.21 Å². The summed E-state index contributed by atoms with van der Waals surface area (Å²) in [4.78, 5) is 40.7. The number of benzene rings is 1. The summed E-state index contributed by atoms with van der Waals surface area (Å²) in [7, 11) is 0. The lowest BCUT2D eigenvalue weighted by Gasteiger charge is -2.35. The molecule has 1 fully saturated rings. The second-order valence-corrected chi connectivity index (χ2v) is 11.0. The number of aryl methyl sites for hydroxylation is 1. The van der Waals surface area contributed by atoms with Crippen molar-refractivity contribution in [1.29, 1.82) is 0 Å². The number of piperidine rings is 1. The zero-order chi connectivity index (χ0) is 23.6. The number of hydrogen-bond acceptors (Lipinski definition) is 4. The maximum atomic E-state index is 13.0. The number of nitrogens with one attached hydrogen (secondary N) is 2. The summed E-state index contributed by atoms with van der Waals surface area (Å²) in [6, 6.07) is 8.55. The first-order chi connectivity index (χ1) is 15.0. The third-order valence-corrected chi connectivity index (χ3v) is 6.89. The van der Waals surface area contributed by atoms with Gasteiger partial charge >= 0.3 is 0 Å². The molecule has 2 aromatic rings. The minimum Gasteiger partial charge on any atom is -0.338 e. The van der Waals surface area contributed by atoms with E-state index < -0.39 is 5.54 Å². The summed E-state index contributed by atoms with van der Waals surface area (Å²) in [6.45, 7) is 11.0. The zero-order valence-corrected chi connectivity index (χ0v) is 20.7. The molecule has 1 aromatic heterocycles. The number of carbonyl (C=O) groups is 3. The van der Waals surface area contributed by atoms with Gasteiger partial charge in [0.25, 0.3) is 11.8 Å². The van der Waals surface area contributed by atoms with Crippen LogP contribution in [0.4, 0.5) is 5.69 Å². The van der Waals surface area contributed by atoms with E-state index in [4.69, 9.17) is 11.6 Å². The van der Waals surface area contributed by atoms with E-state index in [1.54, 1.807) is 44.2 Å². The Hall–Kier alpha value is -2.38. The van der Waals surface area contributed by atoms with Gasteiger partial charge in [0.2, 0.25) is 5.91 Å². The molecule has 2 unspecified atom stereocenters. The number of hydrogen-bond donors (Lipinski definition) is 2. The van der Waals surface area contributed by atoms with Crippen molar-refractivity contribution >= 4 is 46.3 Å². The van der Waals surface area contributed by atoms with E-state index in [0.717, 1.165) is 36.4 Å². The summed E-state index contributed by atoms with van der Waals surface area (Å²) in [5.41, 5.74) is 0.877. The molecular weight excluding hydrogens is 446 g/mol. The first-order valence-electron chi connectivity index (χ1n) is 10.8. The Morgan fingerprint density at radius 3 is 2.31 bits per heavy atom. The Labute approximate surface area is 198 Å². The average Bonchev–Trinajstić information content (AvgIpc) is 3.13. The molecule has 0 saturated carbocycles. The van der Waals surface area contributed by atoms with Gasteiger partial charge in [-0.05, 0) is 74.9 Å². The van der Waals surface area contributed by atoms with Gasteiger partial charge in [-0.3, -0.25) is 14.4 Å². The summed E-state index contributed by atoms with van der Waals surface area (Å²) in [6.07, 6.45) is 1.14. The Morgan fingerprint density at radius 1 is 1.09 bits per heavy atom. The van der Waals surface area contributed by atoms with E-state index in [9.17, 15) is 14.4 Å². The van der Waals surface area contributed by atoms with E-state index in [0.29, 0.717) is 32.3 Å². The number of carbonyl (C=O) groups excluding carboxylic acids is 3. The first kappa shape index (κ1) is 24.3. The lowest BCUT2D eigenvalue weighted by Crippen LogP contribution is -2.52. The van der Waals surface area contributed by atoms with E-state index in [2.05, 4.69) is 24.5 Å². The molecule has 2 N–H and O–H groups in total. The number of nitrogens with zero attached hydrogens (tertiary/aromatic N) is 1. The predicted molar refractivity (Wildman–Crippen MR) is 130 cm³/mol. The topological polar surface area (TPSA) is 78.5 Å². The molecule has 6 nitrogen and oxygen atoms in total. The van der Waals surface area contributed by atoms with Gasteiger partial charge in [-0.15, -0.1) is 11.3 Å². The van der Waals surface area contributed by atoms with Crippen molar-refractivity contribution in [2.45, 2.75) is 46.6 Å². The van der Waals surface area contributed by atoms with Crippen LogP contribution in [0.3, 0.4) is 0 Å². The van der Waals surface area contributed by atoms with Crippen LogP contribution >= 0.6 is 22.9 Å². The van der Waals surface area contributed by atoms with Crippen LogP contribution in [0.2, 0.25) is 4.34 Å². The summed E-state index contributed by atoms with van der Waals surface area (Å²) in [5.74, 6) is 0.296. The van der Waals surface area contributed by atoms with Gasteiger partial charge < -0.3 is 15.5 Å². The third kappa shape index (κ3) is 5.70. The van der Waals surface area contributed by atoms with Gasteiger partial charge in [0.1, 0.15) is 5.54 Å². The van der Waals surface area contributed by atoms with Crippen molar-refractivity contribution < 1.29 is 14.4 Å². The Morgan fingerprint density at radius 2 is 1.75 bits per heavy atom. The predicted octanol–water partition coefficient (Wildman–Crippen LogP) is 4.98. The van der Waals surface area contributed by atoms with Gasteiger partial charge in [-0.1, -0.05) is 25.4 Å². The molecule has 8 heteroatoms. The lowest BCUT2D eigenvalue weighted by atomic mass is 9.91. The highest BCUT2D eigenvalue weighted by Gasteiger charge is 2.31. The minimum absolute atomic E-state index is 0.0287. The van der Waals surface area contributed by atoms with Crippen LogP contribution in [0, 0.1) is 18.8 Å². The van der Waals surface area contributed by atoms with Gasteiger partial charge in [-0.25, -0.2) is 0 Å². The number of amides is 3. The van der Waals surface area contributed by atoms with E-state index in [1.165, 1.54) is 0 Å². The smallest absolute Gasteiger partial charge is 0.262 e. The van der Waals surface area contributed by atoms with Crippen LogP contribution in [-0.4, -0.2) is 41.2 Å². The standard InChI is InChI=1S/C24H30ClN3O3S/c1-14-10-15(2)13-28(12-14)22(30)18-7-6-17(11-16(18)3)26-23(31)24(4,5)27-21(29)19-8-9-20(25)32-19/h6-9,11,14-15H,10,12-13H2,1-5H3,(H,26,31)(H,27,29). The second kappa shape index (κ2) is 9.63. The quantitative estimate of drug-likeness (QED) is 0.640. The van der Waals surface area contributed by atoms with Crippen LogP contribution in [0.25, 0.3) is 0 Å². The molecule has 1 aliphatic rings. The van der Waals surface area contributed by atoms with Crippen LogP contribution in [0.1, 0.15) is 59.7 Å². The van der Waals surface area contributed by atoms with Crippen LogP contribution in [-0.2, 0) is 4.79 Å². The van der Waals surface area contributed by atoms with Crippen molar-refractivity contribution in [2.75, 3.05) is 18.4 Å². The highest BCUT2D eigenvalue weighted by atomic mass is 35.5. The molecule has 32 heavy (non-hydrogen) atoms. The van der Waals surface area contributed by atoms with Crippen molar-refractivity contribution in [1.82, 2.24) is 10.2 Å². The SMILES string of the molecule is Cc1cc(NC(=O)C(C)(C)NC(=O)c2ccc(Cl)s2)ccc1C(=O)N1CC(C)CC(C)C1.